The molecular weight excluding hydrogens is 262 g/mol. The van der Waals surface area contributed by atoms with Crippen LogP contribution in [0.4, 0.5) is 0 Å². The molecule has 2 heterocycles. The molecule has 0 aromatic carbocycles. The number of hydrogen-bond donors (Lipinski definition) is 0. The van der Waals surface area contributed by atoms with E-state index in [1.165, 1.54) is 11.4 Å². The quantitative estimate of drug-likeness (QED) is 0.870. The largest absolute Gasteiger partial charge is 0.348 e. The molecule has 0 fully saturated rings. The van der Waals surface area contributed by atoms with Gasteiger partial charge in [0.25, 0.3) is 0 Å². The van der Waals surface area contributed by atoms with Crippen LogP contribution in [0.5, 0.6) is 0 Å². The Bertz CT molecular complexity index is 691. The van der Waals surface area contributed by atoms with Crippen LogP contribution in [0.25, 0.3) is 0 Å². The van der Waals surface area contributed by atoms with E-state index in [9.17, 15) is 4.79 Å². The van der Waals surface area contributed by atoms with E-state index in [4.69, 9.17) is 0 Å². The molecule has 4 nitrogen and oxygen atoms in total. The molecule has 0 amide bonds. The van der Waals surface area contributed by atoms with Gasteiger partial charge in [-0.2, -0.15) is 5.10 Å². The number of aryl methyl sites for hydroxylation is 3. The van der Waals surface area contributed by atoms with Crippen LogP contribution in [0.3, 0.4) is 0 Å². The number of carbonyl (C=O) groups is 1. The second-order valence-electron chi connectivity index (χ2n) is 6.97. The molecule has 21 heavy (non-hydrogen) atoms. The van der Waals surface area contributed by atoms with Crippen molar-refractivity contribution in [1.29, 1.82) is 0 Å². The van der Waals surface area contributed by atoms with E-state index in [-0.39, 0.29) is 5.41 Å². The topological polar surface area (TPSA) is 39.8 Å². The molecular formula is C17H23N3O. The van der Waals surface area contributed by atoms with Crippen LogP contribution in [-0.2, 0) is 26.4 Å². The summed E-state index contributed by atoms with van der Waals surface area (Å²) in [5, 5.41) is 4.43. The molecule has 0 radical (unpaired) electrons. The van der Waals surface area contributed by atoms with Gasteiger partial charge >= 0.3 is 0 Å². The molecule has 0 bridgehead atoms. The van der Waals surface area contributed by atoms with Crippen LogP contribution < -0.4 is 0 Å². The first-order chi connectivity index (χ1) is 9.85. The summed E-state index contributed by atoms with van der Waals surface area (Å²) in [5.41, 5.74) is 4.50. The molecule has 0 N–H and O–H groups in total. The van der Waals surface area contributed by atoms with Crippen LogP contribution >= 0.6 is 0 Å². The number of ketones is 1. The summed E-state index contributed by atoms with van der Waals surface area (Å²) >= 11 is 0. The molecule has 0 aliphatic heterocycles. The smallest absolute Gasteiger partial charge is 0.165 e. The molecule has 1 aliphatic carbocycles. The van der Waals surface area contributed by atoms with E-state index < -0.39 is 0 Å². The van der Waals surface area contributed by atoms with Gasteiger partial charge in [0.1, 0.15) is 0 Å². The first kappa shape index (κ1) is 14.1. The van der Waals surface area contributed by atoms with Gasteiger partial charge in [0.05, 0.1) is 5.69 Å². The van der Waals surface area contributed by atoms with E-state index in [1.807, 2.05) is 17.9 Å². The van der Waals surface area contributed by atoms with Gasteiger partial charge in [-0.15, -0.1) is 0 Å². The third-order valence-electron chi connectivity index (χ3n) is 4.36. The zero-order valence-corrected chi connectivity index (χ0v) is 13.3. The highest BCUT2D eigenvalue weighted by Crippen LogP contribution is 2.36. The van der Waals surface area contributed by atoms with E-state index in [0.717, 1.165) is 30.6 Å². The lowest BCUT2D eigenvalue weighted by molar-refractivity contribution is 0.0910. The highest BCUT2D eigenvalue weighted by atomic mass is 16.1. The molecule has 3 rings (SSSR count). The molecule has 0 atom stereocenters. The maximum Gasteiger partial charge on any atom is 0.165 e. The van der Waals surface area contributed by atoms with Crippen molar-refractivity contribution in [2.75, 3.05) is 0 Å². The molecule has 0 unspecified atom stereocenters. The fourth-order valence-electron chi connectivity index (χ4n) is 3.34. The van der Waals surface area contributed by atoms with E-state index >= 15 is 0 Å². The van der Waals surface area contributed by atoms with Crippen molar-refractivity contribution in [3.63, 3.8) is 0 Å². The Labute approximate surface area is 125 Å². The third-order valence-corrected chi connectivity index (χ3v) is 4.36. The lowest BCUT2D eigenvalue weighted by Crippen LogP contribution is -2.28. The van der Waals surface area contributed by atoms with Crippen LogP contribution in [0.15, 0.2) is 18.3 Å². The molecule has 1 aliphatic rings. The molecule has 2 aromatic rings. The molecule has 0 saturated heterocycles. The minimum atomic E-state index is 0.0671. The maximum absolute atomic E-state index is 12.3. The molecule has 2 aromatic heterocycles. The van der Waals surface area contributed by atoms with E-state index in [2.05, 4.69) is 42.6 Å². The number of fused-ring (bicyclic) bond motifs is 1. The number of rotatable bonds is 3. The summed E-state index contributed by atoms with van der Waals surface area (Å²) in [4.78, 5) is 12.3. The molecule has 112 valence electrons. The maximum atomic E-state index is 12.3. The van der Waals surface area contributed by atoms with Gasteiger partial charge in [-0.25, -0.2) is 0 Å². The Morgan fingerprint density at radius 2 is 2.10 bits per heavy atom. The minimum Gasteiger partial charge on any atom is -0.348 e. The Morgan fingerprint density at radius 1 is 1.33 bits per heavy atom. The van der Waals surface area contributed by atoms with Crippen molar-refractivity contribution in [2.45, 2.75) is 46.6 Å². The van der Waals surface area contributed by atoms with Gasteiger partial charge in [-0.05, 0) is 30.9 Å². The van der Waals surface area contributed by atoms with Crippen LogP contribution in [0.1, 0.15) is 47.7 Å². The number of carbonyl (C=O) groups excluding carboxylic acids is 1. The molecule has 0 spiro atoms. The third kappa shape index (κ3) is 2.67. The van der Waals surface area contributed by atoms with Gasteiger partial charge in [0.15, 0.2) is 5.78 Å². The first-order valence-corrected chi connectivity index (χ1v) is 7.56. The average Bonchev–Trinajstić information content (AvgIpc) is 2.90. The predicted molar refractivity (Wildman–Crippen MR) is 82.5 cm³/mol. The highest BCUT2D eigenvalue weighted by molar-refractivity contribution is 5.99. The van der Waals surface area contributed by atoms with Crippen LogP contribution in [0.2, 0.25) is 0 Å². The van der Waals surface area contributed by atoms with Gasteiger partial charge in [0, 0.05) is 49.6 Å². The summed E-state index contributed by atoms with van der Waals surface area (Å²) in [5.74, 6) is 0.293. The van der Waals surface area contributed by atoms with Crippen LogP contribution in [-0.4, -0.2) is 20.1 Å². The van der Waals surface area contributed by atoms with Gasteiger partial charge in [0.2, 0.25) is 0 Å². The zero-order valence-electron chi connectivity index (χ0n) is 13.3. The van der Waals surface area contributed by atoms with Gasteiger partial charge in [-0.1, -0.05) is 13.8 Å². The van der Waals surface area contributed by atoms with Crippen molar-refractivity contribution >= 4 is 5.78 Å². The van der Waals surface area contributed by atoms with Gasteiger partial charge in [-0.3, -0.25) is 9.48 Å². The summed E-state index contributed by atoms with van der Waals surface area (Å²) in [7, 11) is 1.94. The van der Waals surface area contributed by atoms with Crippen molar-refractivity contribution in [1.82, 2.24) is 14.3 Å². The van der Waals surface area contributed by atoms with Gasteiger partial charge < -0.3 is 4.57 Å². The first-order valence-electron chi connectivity index (χ1n) is 7.56. The molecule has 0 saturated carbocycles. The number of aromatic nitrogens is 3. The number of hydrogen-bond acceptors (Lipinski definition) is 2. The standard InChI is InChI=1S/C17H23N3O/c1-12-9-14-15(10-17(2,3)11-16(14)21)20(12)8-6-13-5-7-19(4)18-13/h5,7,9H,6,8,10-11H2,1-4H3. The average molecular weight is 285 g/mol. The van der Waals surface area contributed by atoms with Crippen molar-refractivity contribution in [3.8, 4) is 0 Å². The number of nitrogens with zero attached hydrogens (tertiary/aromatic N) is 3. The van der Waals surface area contributed by atoms with E-state index in [1.54, 1.807) is 0 Å². The summed E-state index contributed by atoms with van der Waals surface area (Å²) in [6.07, 6.45) is 4.51. The zero-order chi connectivity index (χ0) is 15.2. The Kier molecular flexibility index (Phi) is 3.27. The Hall–Kier alpha value is -1.84. The normalized spacial score (nSPS) is 17.0. The van der Waals surface area contributed by atoms with Crippen LogP contribution in [0, 0.1) is 12.3 Å². The second kappa shape index (κ2) is 4.86. The SMILES string of the molecule is Cc1cc2c(n1CCc1ccn(C)n1)CC(C)(C)CC2=O. The van der Waals surface area contributed by atoms with Crippen molar-refractivity contribution < 1.29 is 4.79 Å². The number of Topliss-reactive ketones (excluding diaryl/α,β-unsaturated/α-hetero) is 1. The predicted octanol–water partition coefficient (Wildman–Crippen LogP) is 2.93. The monoisotopic (exact) mass is 285 g/mol. The van der Waals surface area contributed by atoms with Crippen molar-refractivity contribution in [3.05, 3.63) is 41.0 Å². The van der Waals surface area contributed by atoms with E-state index in [0.29, 0.717) is 12.2 Å². The summed E-state index contributed by atoms with van der Waals surface area (Å²) in [6.45, 7) is 7.34. The lowest BCUT2D eigenvalue weighted by Gasteiger charge is -2.29. The summed E-state index contributed by atoms with van der Waals surface area (Å²) < 4.78 is 4.14. The Morgan fingerprint density at radius 3 is 2.76 bits per heavy atom. The second-order valence-corrected chi connectivity index (χ2v) is 6.97. The Balaban J connectivity index is 1.88. The fraction of sp³-hybridized carbons (Fsp3) is 0.529. The summed E-state index contributed by atoms with van der Waals surface area (Å²) in [6, 6.07) is 4.12. The lowest BCUT2D eigenvalue weighted by atomic mass is 9.76. The highest BCUT2D eigenvalue weighted by Gasteiger charge is 2.33. The minimum absolute atomic E-state index is 0.0671. The van der Waals surface area contributed by atoms with Crippen molar-refractivity contribution in [2.24, 2.45) is 12.5 Å². The molecule has 4 heteroatoms. The fourth-order valence-corrected chi connectivity index (χ4v) is 3.34.